The van der Waals surface area contributed by atoms with Gasteiger partial charge < -0.3 is 15.0 Å². The van der Waals surface area contributed by atoms with Gasteiger partial charge in [-0.3, -0.25) is 14.9 Å². The molecule has 0 radical (unpaired) electrons. The summed E-state index contributed by atoms with van der Waals surface area (Å²) >= 11 is 5.18. The van der Waals surface area contributed by atoms with Crippen LogP contribution < -0.4 is 15.4 Å². The fourth-order valence-corrected chi connectivity index (χ4v) is 2.51. The summed E-state index contributed by atoms with van der Waals surface area (Å²) in [6.45, 7) is 0. The molecule has 2 aromatic carbocycles. The van der Waals surface area contributed by atoms with Gasteiger partial charge >= 0.3 is 0 Å². The largest absolute Gasteiger partial charge is 0.496 e. The number of ether oxygens (including phenoxy) is 1. The molecule has 2 amide bonds. The van der Waals surface area contributed by atoms with Crippen LogP contribution in [0.1, 0.15) is 15.9 Å². The number of rotatable bonds is 5. The van der Waals surface area contributed by atoms with Gasteiger partial charge in [-0.1, -0.05) is 30.3 Å². The zero-order chi connectivity index (χ0) is 19.8. The SMILES string of the molecule is COc1ccccc1C=CC(=O)NC(=S)Nc1ccccc1C(=O)N(C)C. The van der Waals surface area contributed by atoms with E-state index in [2.05, 4.69) is 10.6 Å². The smallest absolute Gasteiger partial charge is 0.255 e. The lowest BCUT2D eigenvalue weighted by Gasteiger charge is -2.15. The Balaban J connectivity index is 2.03. The zero-order valence-corrected chi connectivity index (χ0v) is 16.2. The van der Waals surface area contributed by atoms with Crippen molar-refractivity contribution in [2.24, 2.45) is 0 Å². The molecule has 7 heteroatoms. The molecule has 0 aliphatic carbocycles. The van der Waals surface area contributed by atoms with Crippen molar-refractivity contribution in [2.75, 3.05) is 26.5 Å². The van der Waals surface area contributed by atoms with Crippen LogP contribution >= 0.6 is 12.2 Å². The number of nitrogens with one attached hydrogen (secondary N) is 2. The fourth-order valence-electron chi connectivity index (χ4n) is 2.30. The van der Waals surface area contributed by atoms with Crippen molar-refractivity contribution >= 4 is 40.9 Å². The lowest BCUT2D eigenvalue weighted by molar-refractivity contribution is -0.115. The van der Waals surface area contributed by atoms with Gasteiger partial charge in [0.05, 0.1) is 18.4 Å². The van der Waals surface area contributed by atoms with E-state index in [0.29, 0.717) is 17.0 Å². The van der Waals surface area contributed by atoms with Gasteiger partial charge in [-0.25, -0.2) is 0 Å². The first-order valence-corrected chi connectivity index (χ1v) is 8.57. The van der Waals surface area contributed by atoms with E-state index in [0.717, 1.165) is 5.56 Å². The zero-order valence-electron chi connectivity index (χ0n) is 15.4. The number of para-hydroxylation sites is 2. The Labute approximate surface area is 163 Å². The maximum atomic E-state index is 12.2. The Morgan fingerprint density at radius 1 is 1.07 bits per heavy atom. The van der Waals surface area contributed by atoms with Crippen LogP contribution in [-0.4, -0.2) is 43.0 Å². The maximum Gasteiger partial charge on any atom is 0.255 e. The van der Waals surface area contributed by atoms with Crippen LogP contribution in [0.4, 0.5) is 5.69 Å². The van der Waals surface area contributed by atoms with E-state index in [1.165, 1.54) is 11.0 Å². The first-order valence-electron chi connectivity index (χ1n) is 8.16. The van der Waals surface area contributed by atoms with E-state index in [1.807, 2.05) is 24.3 Å². The summed E-state index contributed by atoms with van der Waals surface area (Å²) in [4.78, 5) is 25.8. The molecule has 2 aromatic rings. The Hall–Kier alpha value is -3.19. The number of benzene rings is 2. The molecule has 0 saturated carbocycles. The second-order valence-corrected chi connectivity index (χ2v) is 6.17. The van der Waals surface area contributed by atoms with Gasteiger partial charge in [-0.05, 0) is 36.5 Å². The number of anilines is 1. The van der Waals surface area contributed by atoms with Crippen molar-refractivity contribution in [1.82, 2.24) is 10.2 Å². The van der Waals surface area contributed by atoms with Gasteiger partial charge in [0.15, 0.2) is 5.11 Å². The van der Waals surface area contributed by atoms with E-state index in [-0.39, 0.29) is 11.0 Å². The maximum absolute atomic E-state index is 12.2. The third-order valence-corrected chi connectivity index (χ3v) is 3.81. The van der Waals surface area contributed by atoms with Gasteiger partial charge in [0, 0.05) is 25.7 Å². The first-order chi connectivity index (χ1) is 12.9. The predicted octanol–water partition coefficient (Wildman–Crippen LogP) is 2.92. The van der Waals surface area contributed by atoms with Crippen LogP contribution in [0.15, 0.2) is 54.6 Å². The van der Waals surface area contributed by atoms with Gasteiger partial charge in [-0.15, -0.1) is 0 Å². The van der Waals surface area contributed by atoms with Gasteiger partial charge in [0.25, 0.3) is 5.91 Å². The number of amides is 2. The van der Waals surface area contributed by atoms with Crippen molar-refractivity contribution < 1.29 is 14.3 Å². The molecule has 0 atom stereocenters. The third-order valence-electron chi connectivity index (χ3n) is 3.60. The topological polar surface area (TPSA) is 70.7 Å². The molecule has 6 nitrogen and oxygen atoms in total. The number of nitrogens with zero attached hydrogens (tertiary/aromatic N) is 1. The monoisotopic (exact) mass is 383 g/mol. The molecule has 0 fully saturated rings. The summed E-state index contributed by atoms with van der Waals surface area (Å²) in [5.74, 6) is 0.108. The number of methoxy groups -OCH3 is 1. The molecule has 0 saturated heterocycles. The number of carbonyl (C=O) groups excluding carboxylic acids is 2. The van der Waals surface area contributed by atoms with E-state index < -0.39 is 5.91 Å². The van der Waals surface area contributed by atoms with Crippen LogP contribution in [-0.2, 0) is 4.79 Å². The highest BCUT2D eigenvalue weighted by molar-refractivity contribution is 7.80. The summed E-state index contributed by atoms with van der Waals surface area (Å²) in [5.41, 5.74) is 1.76. The first kappa shape index (κ1) is 20.1. The van der Waals surface area contributed by atoms with Gasteiger partial charge in [-0.2, -0.15) is 0 Å². The minimum absolute atomic E-state index is 0.101. The molecule has 2 rings (SSSR count). The van der Waals surface area contributed by atoms with Crippen LogP contribution in [0, 0.1) is 0 Å². The summed E-state index contributed by atoms with van der Waals surface area (Å²) in [6, 6.07) is 14.3. The van der Waals surface area contributed by atoms with Crippen molar-refractivity contribution in [3.63, 3.8) is 0 Å². The molecule has 0 bridgehead atoms. The molecule has 140 valence electrons. The highest BCUT2D eigenvalue weighted by Gasteiger charge is 2.13. The fraction of sp³-hybridized carbons (Fsp3) is 0.150. The highest BCUT2D eigenvalue weighted by atomic mass is 32.1. The van der Waals surface area contributed by atoms with E-state index in [4.69, 9.17) is 17.0 Å². The van der Waals surface area contributed by atoms with Crippen molar-refractivity contribution in [2.45, 2.75) is 0 Å². The molecule has 0 heterocycles. The number of hydrogen-bond donors (Lipinski definition) is 2. The molecule has 0 aliphatic rings. The van der Waals surface area contributed by atoms with Crippen LogP contribution in [0.5, 0.6) is 5.75 Å². The molecule has 0 aliphatic heterocycles. The minimum Gasteiger partial charge on any atom is -0.496 e. The molecular weight excluding hydrogens is 362 g/mol. The molecule has 27 heavy (non-hydrogen) atoms. The Morgan fingerprint density at radius 2 is 1.74 bits per heavy atom. The van der Waals surface area contributed by atoms with Crippen LogP contribution in [0.2, 0.25) is 0 Å². The normalized spacial score (nSPS) is 10.3. The summed E-state index contributed by atoms with van der Waals surface area (Å²) < 4.78 is 5.24. The lowest BCUT2D eigenvalue weighted by atomic mass is 10.1. The average Bonchev–Trinajstić information content (AvgIpc) is 2.66. The minimum atomic E-state index is -0.394. The quantitative estimate of drug-likeness (QED) is 0.614. The predicted molar refractivity (Wildman–Crippen MR) is 111 cm³/mol. The number of carbonyl (C=O) groups is 2. The molecule has 0 spiro atoms. The van der Waals surface area contributed by atoms with Crippen LogP contribution in [0.25, 0.3) is 6.08 Å². The van der Waals surface area contributed by atoms with E-state index >= 15 is 0 Å². The Morgan fingerprint density at radius 3 is 2.44 bits per heavy atom. The van der Waals surface area contributed by atoms with Gasteiger partial charge in [0.1, 0.15) is 5.75 Å². The van der Waals surface area contributed by atoms with E-state index in [1.54, 1.807) is 51.5 Å². The van der Waals surface area contributed by atoms with Crippen molar-refractivity contribution in [3.05, 3.63) is 65.7 Å². The summed E-state index contributed by atoms with van der Waals surface area (Å²) in [5, 5.41) is 5.55. The third kappa shape index (κ3) is 5.65. The molecule has 0 aromatic heterocycles. The second kappa shape index (κ2) is 9.49. The van der Waals surface area contributed by atoms with Crippen molar-refractivity contribution in [3.8, 4) is 5.75 Å². The second-order valence-electron chi connectivity index (χ2n) is 5.76. The molecule has 0 unspecified atom stereocenters. The van der Waals surface area contributed by atoms with E-state index in [9.17, 15) is 9.59 Å². The number of hydrogen-bond acceptors (Lipinski definition) is 4. The van der Waals surface area contributed by atoms with Crippen LogP contribution in [0.3, 0.4) is 0 Å². The Bertz CT molecular complexity index is 878. The average molecular weight is 383 g/mol. The van der Waals surface area contributed by atoms with Gasteiger partial charge in [0.2, 0.25) is 5.91 Å². The Kier molecular flexibility index (Phi) is 7.08. The molecular formula is C20H21N3O3S. The summed E-state index contributed by atoms with van der Waals surface area (Å²) in [6.07, 6.45) is 3.00. The number of thiocarbonyl (C=S) groups is 1. The van der Waals surface area contributed by atoms with Crippen molar-refractivity contribution in [1.29, 1.82) is 0 Å². The standard InChI is InChI=1S/C20H21N3O3S/c1-23(2)19(25)15-9-5-6-10-16(15)21-20(27)22-18(24)13-12-14-8-4-7-11-17(14)26-3/h4-13H,1-3H3,(H2,21,22,24,27). The lowest BCUT2D eigenvalue weighted by Crippen LogP contribution is -2.33. The molecule has 2 N–H and O–H groups in total. The summed E-state index contributed by atoms with van der Waals surface area (Å²) in [7, 11) is 4.90. The highest BCUT2D eigenvalue weighted by Crippen LogP contribution is 2.18.